The Balaban J connectivity index is 1.85. The zero-order chi connectivity index (χ0) is 14.4. The van der Waals surface area contributed by atoms with Crippen molar-refractivity contribution in [3.8, 4) is 0 Å². The first-order chi connectivity index (χ1) is 9.66. The molecule has 0 unspecified atom stereocenters. The molecule has 0 amide bonds. The summed E-state index contributed by atoms with van der Waals surface area (Å²) in [5.41, 5.74) is 9.11. The summed E-state index contributed by atoms with van der Waals surface area (Å²) in [6.07, 6.45) is 2.24. The van der Waals surface area contributed by atoms with E-state index < -0.39 is 0 Å². The van der Waals surface area contributed by atoms with Gasteiger partial charge in [0.2, 0.25) is 0 Å². The number of aryl methyl sites for hydroxylation is 1. The van der Waals surface area contributed by atoms with Crippen molar-refractivity contribution in [3.05, 3.63) is 65.7 Å². The Bertz CT molecular complexity index is 549. The molecule has 0 aliphatic heterocycles. The Labute approximate surface area is 126 Å². The van der Waals surface area contributed by atoms with Gasteiger partial charge in [-0.1, -0.05) is 42.5 Å². The van der Waals surface area contributed by atoms with Gasteiger partial charge in [0.15, 0.2) is 0 Å². The summed E-state index contributed by atoms with van der Waals surface area (Å²) in [6, 6.07) is 18.7. The largest absolute Gasteiger partial charge is 0.389 e. The molecule has 20 heavy (non-hydrogen) atoms. The first-order valence-electron chi connectivity index (χ1n) is 6.82. The summed E-state index contributed by atoms with van der Waals surface area (Å²) in [7, 11) is 2.11. The van der Waals surface area contributed by atoms with Crippen molar-refractivity contribution >= 4 is 22.9 Å². The van der Waals surface area contributed by atoms with Crippen LogP contribution in [0, 0.1) is 0 Å². The van der Waals surface area contributed by atoms with E-state index >= 15 is 0 Å². The first-order valence-corrected chi connectivity index (χ1v) is 7.22. The molecular formula is C17H20N2S. The summed E-state index contributed by atoms with van der Waals surface area (Å²) in [6.45, 7) is 1.03. The molecule has 2 N–H and O–H groups in total. The smallest absolute Gasteiger partial charge is 0.103 e. The van der Waals surface area contributed by atoms with Gasteiger partial charge in [0.1, 0.15) is 4.99 Å². The average Bonchev–Trinajstić information content (AvgIpc) is 2.48. The second-order valence-electron chi connectivity index (χ2n) is 4.92. The molecule has 0 saturated carbocycles. The lowest BCUT2D eigenvalue weighted by molar-refractivity contribution is 0.786. The SMILES string of the molecule is CN(CCCc1ccccc1)c1ccc(C(N)=S)cc1. The van der Waals surface area contributed by atoms with Gasteiger partial charge in [-0.3, -0.25) is 0 Å². The van der Waals surface area contributed by atoms with E-state index in [0.717, 1.165) is 24.9 Å². The van der Waals surface area contributed by atoms with E-state index in [-0.39, 0.29) is 0 Å². The van der Waals surface area contributed by atoms with Crippen LogP contribution >= 0.6 is 12.2 Å². The van der Waals surface area contributed by atoms with Crippen LogP contribution in [0.15, 0.2) is 54.6 Å². The summed E-state index contributed by atoms with van der Waals surface area (Å²) in [4.78, 5) is 2.70. The lowest BCUT2D eigenvalue weighted by Crippen LogP contribution is -2.19. The Morgan fingerprint density at radius 1 is 1.05 bits per heavy atom. The van der Waals surface area contributed by atoms with Crippen molar-refractivity contribution in [2.45, 2.75) is 12.8 Å². The number of nitrogens with zero attached hydrogens (tertiary/aromatic N) is 1. The van der Waals surface area contributed by atoms with Gasteiger partial charge in [-0.2, -0.15) is 0 Å². The standard InChI is InChI=1S/C17H20N2S/c1-19(13-5-8-14-6-3-2-4-7-14)16-11-9-15(10-12-16)17(18)20/h2-4,6-7,9-12H,5,8,13H2,1H3,(H2,18,20). The number of benzene rings is 2. The third-order valence-electron chi connectivity index (χ3n) is 3.39. The third kappa shape index (κ3) is 4.07. The predicted molar refractivity (Wildman–Crippen MR) is 90.4 cm³/mol. The van der Waals surface area contributed by atoms with Crippen LogP contribution in [0.25, 0.3) is 0 Å². The fourth-order valence-corrected chi connectivity index (χ4v) is 2.31. The Morgan fingerprint density at radius 3 is 2.30 bits per heavy atom. The molecule has 3 heteroatoms. The molecule has 2 nitrogen and oxygen atoms in total. The minimum atomic E-state index is 0.447. The Kier molecular flexibility index (Phi) is 5.13. The Hall–Kier alpha value is -1.87. The molecule has 104 valence electrons. The monoisotopic (exact) mass is 284 g/mol. The van der Waals surface area contributed by atoms with Crippen molar-refractivity contribution in [1.29, 1.82) is 0 Å². The second-order valence-corrected chi connectivity index (χ2v) is 5.36. The van der Waals surface area contributed by atoms with Crippen LogP contribution in [0.1, 0.15) is 17.5 Å². The van der Waals surface area contributed by atoms with Crippen LogP contribution in [0.3, 0.4) is 0 Å². The quantitative estimate of drug-likeness (QED) is 0.825. The lowest BCUT2D eigenvalue weighted by Gasteiger charge is -2.19. The topological polar surface area (TPSA) is 29.3 Å². The van der Waals surface area contributed by atoms with E-state index in [1.54, 1.807) is 0 Å². The number of hydrogen-bond acceptors (Lipinski definition) is 2. The molecule has 0 heterocycles. The first kappa shape index (κ1) is 14.5. The van der Waals surface area contributed by atoms with Crippen molar-refractivity contribution in [1.82, 2.24) is 0 Å². The van der Waals surface area contributed by atoms with Gasteiger partial charge in [0.05, 0.1) is 0 Å². The minimum absolute atomic E-state index is 0.447. The predicted octanol–water partition coefficient (Wildman–Crippen LogP) is 3.39. The fourth-order valence-electron chi connectivity index (χ4n) is 2.17. The number of thiocarbonyl (C=S) groups is 1. The van der Waals surface area contributed by atoms with Crippen LogP contribution in [-0.2, 0) is 6.42 Å². The van der Waals surface area contributed by atoms with Crippen molar-refractivity contribution < 1.29 is 0 Å². The third-order valence-corrected chi connectivity index (χ3v) is 3.63. The van der Waals surface area contributed by atoms with Crippen LogP contribution in [0.2, 0.25) is 0 Å². The highest BCUT2D eigenvalue weighted by Crippen LogP contribution is 2.14. The molecule has 2 aromatic carbocycles. The second kappa shape index (κ2) is 7.06. The molecular weight excluding hydrogens is 264 g/mol. The fraction of sp³-hybridized carbons (Fsp3) is 0.235. The Morgan fingerprint density at radius 2 is 1.70 bits per heavy atom. The van der Waals surface area contributed by atoms with Crippen LogP contribution < -0.4 is 10.6 Å². The molecule has 0 aliphatic rings. The van der Waals surface area contributed by atoms with Gasteiger partial charge >= 0.3 is 0 Å². The van der Waals surface area contributed by atoms with Gasteiger partial charge in [0.25, 0.3) is 0 Å². The molecule has 0 saturated heterocycles. The lowest BCUT2D eigenvalue weighted by atomic mass is 10.1. The van der Waals surface area contributed by atoms with Crippen LogP contribution in [-0.4, -0.2) is 18.6 Å². The molecule has 0 aliphatic carbocycles. The maximum absolute atomic E-state index is 5.60. The zero-order valence-corrected chi connectivity index (χ0v) is 12.6. The highest BCUT2D eigenvalue weighted by Gasteiger charge is 2.02. The summed E-state index contributed by atoms with van der Waals surface area (Å²) in [5, 5.41) is 0. The summed E-state index contributed by atoms with van der Waals surface area (Å²) >= 11 is 4.96. The molecule has 0 bridgehead atoms. The summed E-state index contributed by atoms with van der Waals surface area (Å²) < 4.78 is 0. The molecule has 2 aromatic rings. The van der Waals surface area contributed by atoms with Gasteiger partial charge in [-0.15, -0.1) is 0 Å². The average molecular weight is 284 g/mol. The molecule has 0 radical (unpaired) electrons. The minimum Gasteiger partial charge on any atom is -0.389 e. The number of rotatable bonds is 6. The molecule has 0 fully saturated rings. The number of anilines is 1. The molecule has 0 aromatic heterocycles. The van der Waals surface area contributed by atoms with E-state index in [9.17, 15) is 0 Å². The van der Waals surface area contributed by atoms with E-state index in [4.69, 9.17) is 18.0 Å². The molecule has 2 rings (SSSR count). The van der Waals surface area contributed by atoms with Gasteiger partial charge in [0, 0.05) is 24.8 Å². The van der Waals surface area contributed by atoms with Gasteiger partial charge in [-0.05, 0) is 42.7 Å². The van der Waals surface area contributed by atoms with E-state index in [2.05, 4.69) is 54.4 Å². The maximum Gasteiger partial charge on any atom is 0.103 e. The maximum atomic E-state index is 5.60. The summed E-state index contributed by atoms with van der Waals surface area (Å²) in [5.74, 6) is 0. The van der Waals surface area contributed by atoms with Crippen LogP contribution in [0.4, 0.5) is 5.69 Å². The van der Waals surface area contributed by atoms with Crippen molar-refractivity contribution in [2.24, 2.45) is 5.73 Å². The van der Waals surface area contributed by atoms with Gasteiger partial charge in [-0.25, -0.2) is 0 Å². The van der Waals surface area contributed by atoms with Crippen molar-refractivity contribution in [2.75, 3.05) is 18.5 Å². The van der Waals surface area contributed by atoms with E-state index in [1.807, 2.05) is 12.1 Å². The number of hydrogen-bond donors (Lipinski definition) is 1. The van der Waals surface area contributed by atoms with E-state index in [1.165, 1.54) is 11.3 Å². The highest BCUT2D eigenvalue weighted by atomic mass is 32.1. The highest BCUT2D eigenvalue weighted by molar-refractivity contribution is 7.80. The van der Waals surface area contributed by atoms with E-state index in [0.29, 0.717) is 4.99 Å². The van der Waals surface area contributed by atoms with Gasteiger partial charge < -0.3 is 10.6 Å². The normalized spacial score (nSPS) is 10.2. The van der Waals surface area contributed by atoms with Crippen LogP contribution in [0.5, 0.6) is 0 Å². The number of nitrogens with two attached hydrogens (primary N) is 1. The van der Waals surface area contributed by atoms with Crippen molar-refractivity contribution in [3.63, 3.8) is 0 Å². The molecule has 0 spiro atoms. The zero-order valence-electron chi connectivity index (χ0n) is 11.8. The molecule has 0 atom stereocenters.